The number of amides is 1. The highest BCUT2D eigenvalue weighted by Gasteiger charge is 2.25. The van der Waals surface area contributed by atoms with Crippen molar-refractivity contribution in [2.75, 3.05) is 11.4 Å². The van der Waals surface area contributed by atoms with Gasteiger partial charge in [-0.05, 0) is 36.2 Å². The number of nitrogens with zero attached hydrogens (tertiary/aromatic N) is 3. The lowest BCUT2D eigenvalue weighted by Gasteiger charge is -2.25. The van der Waals surface area contributed by atoms with E-state index in [1.54, 1.807) is 12.4 Å². The second-order valence-corrected chi connectivity index (χ2v) is 6.57. The summed E-state index contributed by atoms with van der Waals surface area (Å²) in [5.41, 5.74) is 6.28. The number of rotatable bonds is 2. The van der Waals surface area contributed by atoms with Gasteiger partial charge in [0, 0.05) is 71.8 Å². The van der Waals surface area contributed by atoms with Gasteiger partial charge in [-0.3, -0.25) is 14.8 Å². The van der Waals surface area contributed by atoms with Crippen LogP contribution < -0.4 is 9.64 Å². The second-order valence-electron chi connectivity index (χ2n) is 6.57. The summed E-state index contributed by atoms with van der Waals surface area (Å²) in [5, 5.41) is 0. The van der Waals surface area contributed by atoms with Crippen molar-refractivity contribution in [3.8, 4) is 28.0 Å². The molecule has 0 saturated carbocycles. The van der Waals surface area contributed by atoms with Crippen molar-refractivity contribution < 1.29 is 9.53 Å². The number of pyridine rings is 2. The minimum absolute atomic E-state index is 0.183. The maximum absolute atomic E-state index is 12.0. The minimum atomic E-state index is 0.183. The van der Waals surface area contributed by atoms with E-state index in [0.717, 1.165) is 52.2 Å². The lowest BCUT2D eigenvalue weighted by Crippen LogP contribution is -2.23. The Balaban J connectivity index is 1.59. The number of hydrogen-bond donors (Lipinski definition) is 0. The Hall–Kier alpha value is -3.21. The topological polar surface area (TPSA) is 55.3 Å². The number of benzene rings is 1. The van der Waals surface area contributed by atoms with Gasteiger partial charge in [-0.15, -0.1) is 0 Å². The Labute approximate surface area is 151 Å². The Bertz CT molecular complexity index is 1000. The van der Waals surface area contributed by atoms with Crippen molar-refractivity contribution in [1.82, 2.24) is 9.97 Å². The molecule has 1 aromatic carbocycles. The first kappa shape index (κ1) is 15.1. The van der Waals surface area contributed by atoms with Crippen molar-refractivity contribution >= 4 is 11.6 Å². The van der Waals surface area contributed by atoms with Gasteiger partial charge in [-0.2, -0.15) is 0 Å². The molecule has 2 aliphatic heterocycles. The molecule has 1 fully saturated rings. The zero-order chi connectivity index (χ0) is 17.5. The van der Waals surface area contributed by atoms with E-state index in [0.29, 0.717) is 13.0 Å². The molecule has 2 aliphatic rings. The van der Waals surface area contributed by atoms with Crippen LogP contribution in [-0.2, 0) is 11.4 Å². The Morgan fingerprint density at radius 3 is 2.62 bits per heavy atom. The van der Waals surface area contributed by atoms with E-state index in [1.807, 2.05) is 47.6 Å². The molecule has 4 heterocycles. The highest BCUT2D eigenvalue weighted by Crippen LogP contribution is 2.42. The summed E-state index contributed by atoms with van der Waals surface area (Å²) in [6.45, 7) is 1.27. The molecule has 0 radical (unpaired) electrons. The van der Waals surface area contributed by atoms with Crippen LogP contribution in [0.25, 0.3) is 22.3 Å². The first-order valence-electron chi connectivity index (χ1n) is 8.76. The summed E-state index contributed by atoms with van der Waals surface area (Å²) in [4.78, 5) is 22.4. The summed E-state index contributed by atoms with van der Waals surface area (Å²) in [6.07, 6.45) is 8.87. The molecule has 5 rings (SSSR count). The molecule has 0 bridgehead atoms. The van der Waals surface area contributed by atoms with Gasteiger partial charge in [0.15, 0.2) is 0 Å². The van der Waals surface area contributed by atoms with Crippen molar-refractivity contribution in [2.24, 2.45) is 0 Å². The minimum Gasteiger partial charge on any atom is -0.488 e. The van der Waals surface area contributed by atoms with Gasteiger partial charge < -0.3 is 9.64 Å². The highest BCUT2D eigenvalue weighted by atomic mass is 16.5. The number of carbonyl (C=O) groups excluding carboxylic acids is 1. The number of ether oxygens (including phenoxy) is 1. The zero-order valence-corrected chi connectivity index (χ0v) is 14.2. The number of hydrogen-bond acceptors (Lipinski definition) is 4. The van der Waals surface area contributed by atoms with E-state index in [9.17, 15) is 4.79 Å². The van der Waals surface area contributed by atoms with Crippen molar-refractivity contribution in [1.29, 1.82) is 0 Å². The van der Waals surface area contributed by atoms with Crippen molar-refractivity contribution in [3.63, 3.8) is 0 Å². The third kappa shape index (κ3) is 2.36. The van der Waals surface area contributed by atoms with Crippen molar-refractivity contribution in [2.45, 2.75) is 19.4 Å². The summed E-state index contributed by atoms with van der Waals surface area (Å²) >= 11 is 0. The van der Waals surface area contributed by atoms with Crippen LogP contribution in [0.4, 0.5) is 5.69 Å². The van der Waals surface area contributed by atoms with E-state index in [1.165, 1.54) is 0 Å². The molecule has 0 atom stereocenters. The van der Waals surface area contributed by atoms with Crippen LogP contribution in [0.2, 0.25) is 0 Å². The van der Waals surface area contributed by atoms with E-state index in [4.69, 9.17) is 4.74 Å². The number of fused-ring (bicyclic) bond motifs is 3. The summed E-state index contributed by atoms with van der Waals surface area (Å²) in [6, 6.07) is 9.97. The largest absolute Gasteiger partial charge is 0.488 e. The number of anilines is 1. The van der Waals surface area contributed by atoms with Crippen LogP contribution in [-0.4, -0.2) is 22.4 Å². The predicted octanol–water partition coefficient (Wildman–Crippen LogP) is 3.83. The van der Waals surface area contributed by atoms with Gasteiger partial charge in [0.1, 0.15) is 12.4 Å². The molecule has 1 saturated heterocycles. The molecule has 128 valence electrons. The molecule has 3 aromatic rings. The second kappa shape index (κ2) is 5.95. The lowest BCUT2D eigenvalue weighted by atomic mass is 9.93. The fourth-order valence-electron chi connectivity index (χ4n) is 3.75. The van der Waals surface area contributed by atoms with Gasteiger partial charge in [0.25, 0.3) is 0 Å². The molecule has 5 nitrogen and oxygen atoms in total. The fraction of sp³-hybridized carbons (Fsp3) is 0.190. The highest BCUT2D eigenvalue weighted by molar-refractivity contribution is 5.96. The summed E-state index contributed by atoms with van der Waals surface area (Å²) in [5.74, 6) is 0.992. The standard InChI is InChI=1S/C21H17N3O2/c25-21-2-1-9-24(21)15-3-4-16-18-12-23-11-17(14-5-7-22-8-6-14)19(18)13-26-20(16)10-15/h3-8,10-12H,1-2,9,13H2. The Morgan fingerprint density at radius 2 is 1.81 bits per heavy atom. The fourth-order valence-corrected chi connectivity index (χ4v) is 3.75. The molecule has 0 spiro atoms. The van der Waals surface area contributed by atoms with Crippen LogP contribution in [0.5, 0.6) is 5.75 Å². The van der Waals surface area contributed by atoms with Gasteiger partial charge >= 0.3 is 0 Å². The molecule has 26 heavy (non-hydrogen) atoms. The monoisotopic (exact) mass is 343 g/mol. The maximum atomic E-state index is 12.0. The first-order chi connectivity index (χ1) is 12.8. The zero-order valence-electron chi connectivity index (χ0n) is 14.2. The van der Waals surface area contributed by atoms with Gasteiger partial charge in [0.05, 0.1) is 0 Å². The van der Waals surface area contributed by atoms with Crippen LogP contribution in [0, 0.1) is 0 Å². The van der Waals surface area contributed by atoms with Crippen LogP contribution in [0.15, 0.2) is 55.1 Å². The summed E-state index contributed by atoms with van der Waals surface area (Å²) in [7, 11) is 0. The van der Waals surface area contributed by atoms with E-state index < -0.39 is 0 Å². The average molecular weight is 343 g/mol. The molecular formula is C21H17N3O2. The van der Waals surface area contributed by atoms with E-state index in [-0.39, 0.29) is 5.91 Å². The van der Waals surface area contributed by atoms with Gasteiger partial charge in [0.2, 0.25) is 5.91 Å². The molecule has 1 amide bonds. The lowest BCUT2D eigenvalue weighted by molar-refractivity contribution is -0.117. The number of carbonyl (C=O) groups is 1. The predicted molar refractivity (Wildman–Crippen MR) is 98.8 cm³/mol. The van der Waals surface area contributed by atoms with Crippen LogP contribution >= 0.6 is 0 Å². The molecule has 2 aromatic heterocycles. The third-order valence-corrected chi connectivity index (χ3v) is 5.06. The smallest absolute Gasteiger partial charge is 0.227 e. The number of aromatic nitrogens is 2. The molecule has 0 aliphatic carbocycles. The van der Waals surface area contributed by atoms with Gasteiger partial charge in [-0.1, -0.05) is 0 Å². The molecule has 0 unspecified atom stereocenters. The Kier molecular flexibility index (Phi) is 3.45. The van der Waals surface area contributed by atoms with Crippen molar-refractivity contribution in [3.05, 3.63) is 60.7 Å². The average Bonchev–Trinajstić information content (AvgIpc) is 3.13. The quantitative estimate of drug-likeness (QED) is 0.710. The maximum Gasteiger partial charge on any atom is 0.227 e. The first-order valence-corrected chi connectivity index (χ1v) is 8.76. The summed E-state index contributed by atoms with van der Waals surface area (Å²) < 4.78 is 6.07. The third-order valence-electron chi connectivity index (χ3n) is 5.06. The SMILES string of the molecule is O=C1CCCN1c1ccc2c(c1)OCc1c(-c3ccncc3)cncc1-2. The molecule has 0 N–H and O–H groups in total. The van der Waals surface area contributed by atoms with Gasteiger partial charge in [-0.25, -0.2) is 0 Å². The van der Waals surface area contributed by atoms with E-state index >= 15 is 0 Å². The normalized spacial score (nSPS) is 15.4. The van der Waals surface area contributed by atoms with Crippen LogP contribution in [0.3, 0.4) is 0 Å². The van der Waals surface area contributed by atoms with Crippen LogP contribution in [0.1, 0.15) is 18.4 Å². The van der Waals surface area contributed by atoms with E-state index in [2.05, 4.69) is 9.97 Å². The molecule has 5 heteroatoms. The Morgan fingerprint density at radius 1 is 0.962 bits per heavy atom. The molecular weight excluding hydrogens is 326 g/mol.